The van der Waals surface area contributed by atoms with Crippen LogP contribution in [0.5, 0.6) is 0 Å². The molecular weight excluding hydrogens is 280 g/mol. The van der Waals surface area contributed by atoms with E-state index in [9.17, 15) is 4.79 Å². The summed E-state index contributed by atoms with van der Waals surface area (Å²) in [6, 6.07) is 7.71. The molecule has 0 radical (unpaired) electrons. The van der Waals surface area contributed by atoms with Crippen molar-refractivity contribution in [1.82, 2.24) is 5.43 Å². The van der Waals surface area contributed by atoms with Gasteiger partial charge in [0.15, 0.2) is 0 Å². The first-order chi connectivity index (χ1) is 8.15. The predicted molar refractivity (Wildman–Crippen MR) is 71.7 cm³/mol. The molecule has 0 bridgehead atoms. The summed E-state index contributed by atoms with van der Waals surface area (Å²) in [5.41, 5.74) is 4.63. The summed E-state index contributed by atoms with van der Waals surface area (Å²) in [4.78, 5) is 11.6. The number of hydrazone groups is 1. The Kier molecular flexibility index (Phi) is 3.74. The fourth-order valence-corrected chi connectivity index (χ4v) is 2.09. The number of allylic oxidation sites excluding steroid dienone is 1. The third-order valence-electron chi connectivity index (χ3n) is 2.68. The first kappa shape index (κ1) is 12.0. The van der Waals surface area contributed by atoms with Crippen molar-refractivity contribution in [3.63, 3.8) is 0 Å². The van der Waals surface area contributed by atoms with Gasteiger partial charge in [0.05, 0.1) is 6.21 Å². The summed E-state index contributed by atoms with van der Waals surface area (Å²) in [5.74, 6) is 0.0332. The molecule has 1 N–H and O–H groups in total. The number of nitrogens with one attached hydrogen (secondary N) is 1. The molecule has 0 heterocycles. The van der Waals surface area contributed by atoms with E-state index in [2.05, 4.69) is 33.0 Å². The van der Waals surface area contributed by atoms with Crippen LogP contribution < -0.4 is 5.43 Å². The molecule has 1 aromatic rings. The smallest absolute Gasteiger partial charge is 0.243 e. The topological polar surface area (TPSA) is 41.5 Å². The standard InChI is InChI=1S/C13H13BrN2O/c1-9-5-11(6-9)13(17)16-15-8-10-3-2-4-12(14)7-10/h2-4,7-8,11H,1,5-6H2,(H,16,17)/b15-8+. The lowest BCUT2D eigenvalue weighted by Gasteiger charge is -2.25. The van der Waals surface area contributed by atoms with Gasteiger partial charge in [-0.15, -0.1) is 0 Å². The van der Waals surface area contributed by atoms with E-state index in [4.69, 9.17) is 0 Å². The summed E-state index contributed by atoms with van der Waals surface area (Å²) in [7, 11) is 0. The average Bonchev–Trinajstić information content (AvgIpc) is 2.25. The number of carbonyl (C=O) groups is 1. The van der Waals surface area contributed by atoms with Gasteiger partial charge in [-0.25, -0.2) is 5.43 Å². The van der Waals surface area contributed by atoms with Gasteiger partial charge in [-0.1, -0.05) is 40.2 Å². The largest absolute Gasteiger partial charge is 0.273 e. The first-order valence-electron chi connectivity index (χ1n) is 5.40. The van der Waals surface area contributed by atoms with Gasteiger partial charge in [0.1, 0.15) is 0 Å². The van der Waals surface area contributed by atoms with Crippen LogP contribution in [0.25, 0.3) is 0 Å². The second-order valence-corrected chi connectivity index (χ2v) is 5.06. The molecule has 1 aliphatic carbocycles. The van der Waals surface area contributed by atoms with Crippen LogP contribution in [-0.4, -0.2) is 12.1 Å². The Morgan fingerprint density at radius 1 is 1.53 bits per heavy atom. The normalized spacial score (nSPS) is 15.9. The summed E-state index contributed by atoms with van der Waals surface area (Å²) < 4.78 is 0.989. The highest BCUT2D eigenvalue weighted by molar-refractivity contribution is 9.10. The Morgan fingerprint density at radius 3 is 2.94 bits per heavy atom. The molecule has 0 atom stereocenters. The molecule has 1 aromatic carbocycles. The van der Waals surface area contributed by atoms with Gasteiger partial charge >= 0.3 is 0 Å². The lowest BCUT2D eigenvalue weighted by Crippen LogP contribution is -2.32. The van der Waals surface area contributed by atoms with Crippen LogP contribution >= 0.6 is 15.9 Å². The Balaban J connectivity index is 1.85. The molecule has 0 unspecified atom stereocenters. The third kappa shape index (κ3) is 3.27. The van der Waals surface area contributed by atoms with Crippen molar-refractivity contribution in [3.05, 3.63) is 46.5 Å². The van der Waals surface area contributed by atoms with Crippen molar-refractivity contribution in [3.8, 4) is 0 Å². The van der Waals surface area contributed by atoms with Crippen LogP contribution in [0.1, 0.15) is 18.4 Å². The second kappa shape index (κ2) is 5.27. The lowest BCUT2D eigenvalue weighted by molar-refractivity contribution is -0.126. The average molecular weight is 293 g/mol. The zero-order chi connectivity index (χ0) is 12.3. The molecule has 0 saturated heterocycles. The van der Waals surface area contributed by atoms with Gasteiger partial charge in [-0.2, -0.15) is 5.10 Å². The van der Waals surface area contributed by atoms with Crippen molar-refractivity contribution in [2.24, 2.45) is 11.0 Å². The van der Waals surface area contributed by atoms with Crippen molar-refractivity contribution in [2.75, 3.05) is 0 Å². The maximum atomic E-state index is 11.6. The minimum absolute atomic E-state index is 0.0244. The van der Waals surface area contributed by atoms with Gasteiger partial charge in [-0.3, -0.25) is 4.79 Å². The number of carbonyl (C=O) groups excluding carboxylic acids is 1. The molecule has 1 saturated carbocycles. The van der Waals surface area contributed by atoms with Crippen molar-refractivity contribution in [2.45, 2.75) is 12.8 Å². The highest BCUT2D eigenvalue weighted by Crippen LogP contribution is 2.31. The van der Waals surface area contributed by atoms with E-state index >= 15 is 0 Å². The fraction of sp³-hybridized carbons (Fsp3) is 0.231. The molecule has 1 fully saturated rings. The highest BCUT2D eigenvalue weighted by Gasteiger charge is 2.27. The molecular formula is C13H13BrN2O. The zero-order valence-electron chi connectivity index (χ0n) is 9.32. The van der Waals surface area contributed by atoms with Gasteiger partial charge in [0, 0.05) is 10.4 Å². The molecule has 17 heavy (non-hydrogen) atoms. The van der Waals surface area contributed by atoms with E-state index in [1.165, 1.54) is 0 Å². The molecule has 1 aliphatic rings. The number of benzene rings is 1. The van der Waals surface area contributed by atoms with Crippen molar-refractivity contribution in [1.29, 1.82) is 0 Å². The minimum atomic E-state index is -0.0244. The maximum absolute atomic E-state index is 11.6. The highest BCUT2D eigenvalue weighted by atomic mass is 79.9. The molecule has 0 aromatic heterocycles. The number of amides is 1. The SMILES string of the molecule is C=C1CC(C(=O)N/N=C/c2cccc(Br)c2)C1. The van der Waals surface area contributed by atoms with Crippen LogP contribution in [0.2, 0.25) is 0 Å². The van der Waals surface area contributed by atoms with Crippen LogP contribution in [-0.2, 0) is 4.79 Å². The van der Waals surface area contributed by atoms with Gasteiger partial charge in [0.25, 0.3) is 0 Å². The van der Waals surface area contributed by atoms with E-state index in [0.29, 0.717) is 0 Å². The van der Waals surface area contributed by atoms with E-state index in [0.717, 1.165) is 28.5 Å². The summed E-state index contributed by atoms with van der Waals surface area (Å²) in [5, 5.41) is 3.94. The number of rotatable bonds is 3. The number of nitrogens with zero attached hydrogens (tertiary/aromatic N) is 1. The number of halogens is 1. The Labute approximate surface area is 109 Å². The monoisotopic (exact) mass is 292 g/mol. The molecule has 0 aliphatic heterocycles. The Morgan fingerprint density at radius 2 is 2.29 bits per heavy atom. The van der Waals surface area contributed by atoms with E-state index in [-0.39, 0.29) is 11.8 Å². The predicted octanol–water partition coefficient (Wildman–Crippen LogP) is 2.87. The van der Waals surface area contributed by atoms with Gasteiger partial charge < -0.3 is 0 Å². The van der Waals surface area contributed by atoms with E-state index < -0.39 is 0 Å². The van der Waals surface area contributed by atoms with Crippen molar-refractivity contribution < 1.29 is 4.79 Å². The summed E-state index contributed by atoms with van der Waals surface area (Å²) in [6.45, 7) is 3.81. The summed E-state index contributed by atoms with van der Waals surface area (Å²) in [6.07, 6.45) is 3.21. The van der Waals surface area contributed by atoms with Gasteiger partial charge in [0.2, 0.25) is 5.91 Å². The van der Waals surface area contributed by atoms with Crippen LogP contribution in [0.15, 0.2) is 46.0 Å². The Hall–Kier alpha value is -1.42. The van der Waals surface area contributed by atoms with Crippen LogP contribution in [0.4, 0.5) is 0 Å². The number of hydrogen-bond donors (Lipinski definition) is 1. The van der Waals surface area contributed by atoms with Crippen LogP contribution in [0, 0.1) is 5.92 Å². The fourth-order valence-electron chi connectivity index (χ4n) is 1.67. The maximum Gasteiger partial charge on any atom is 0.243 e. The quantitative estimate of drug-likeness (QED) is 0.519. The van der Waals surface area contributed by atoms with Crippen molar-refractivity contribution >= 4 is 28.1 Å². The lowest BCUT2D eigenvalue weighted by atomic mass is 9.81. The third-order valence-corrected chi connectivity index (χ3v) is 3.17. The number of hydrogen-bond acceptors (Lipinski definition) is 2. The zero-order valence-corrected chi connectivity index (χ0v) is 10.9. The summed E-state index contributed by atoms with van der Waals surface area (Å²) >= 11 is 3.37. The molecule has 2 rings (SSSR count). The molecule has 1 amide bonds. The van der Waals surface area contributed by atoms with E-state index in [1.54, 1.807) is 6.21 Å². The molecule has 4 heteroatoms. The molecule has 0 spiro atoms. The molecule has 88 valence electrons. The van der Waals surface area contributed by atoms with E-state index in [1.807, 2.05) is 24.3 Å². The first-order valence-corrected chi connectivity index (χ1v) is 6.19. The second-order valence-electron chi connectivity index (χ2n) is 4.14. The molecule has 3 nitrogen and oxygen atoms in total. The minimum Gasteiger partial charge on any atom is -0.273 e. The van der Waals surface area contributed by atoms with Crippen LogP contribution in [0.3, 0.4) is 0 Å². The Bertz CT molecular complexity index is 474. The van der Waals surface area contributed by atoms with Gasteiger partial charge in [-0.05, 0) is 30.5 Å².